The third-order valence-corrected chi connectivity index (χ3v) is 8.47. The molecule has 33 heavy (non-hydrogen) atoms. The van der Waals surface area contributed by atoms with Gasteiger partial charge >= 0.3 is 0 Å². The molecular weight excluding hydrogens is 464 g/mol. The Morgan fingerprint density at radius 1 is 0.939 bits per heavy atom. The van der Waals surface area contributed by atoms with Gasteiger partial charge in [0.2, 0.25) is 10.0 Å². The Labute approximate surface area is 197 Å². The first-order valence-electron chi connectivity index (χ1n) is 11.1. The summed E-state index contributed by atoms with van der Waals surface area (Å²) in [6, 6.07) is 12.2. The fraction of sp³-hybridized carbons (Fsp3) is 0.391. The van der Waals surface area contributed by atoms with Gasteiger partial charge in [0.1, 0.15) is 0 Å². The summed E-state index contributed by atoms with van der Waals surface area (Å²) in [6.45, 7) is 3.21. The Kier molecular flexibility index (Phi) is 6.03. The van der Waals surface area contributed by atoms with E-state index in [0.29, 0.717) is 55.3 Å². The summed E-state index contributed by atoms with van der Waals surface area (Å²) in [4.78, 5) is 17.0. The van der Waals surface area contributed by atoms with Gasteiger partial charge in [-0.25, -0.2) is 8.42 Å². The molecule has 2 aliphatic heterocycles. The van der Waals surface area contributed by atoms with Crippen molar-refractivity contribution in [3.63, 3.8) is 0 Å². The number of carbonyl (C=O) groups is 1. The molecule has 0 atom stereocenters. The first-order valence-corrected chi connectivity index (χ1v) is 12.9. The lowest BCUT2D eigenvalue weighted by Gasteiger charge is -2.35. The monoisotopic (exact) mass is 488 g/mol. The molecule has 0 unspecified atom stereocenters. The van der Waals surface area contributed by atoms with Gasteiger partial charge in [-0.3, -0.25) is 4.79 Å². The zero-order valence-electron chi connectivity index (χ0n) is 18.1. The lowest BCUT2D eigenvalue weighted by molar-refractivity contribution is 0.0716. The number of rotatable bonds is 4. The van der Waals surface area contributed by atoms with Crippen molar-refractivity contribution in [1.82, 2.24) is 14.4 Å². The lowest BCUT2D eigenvalue weighted by Crippen LogP contribution is -2.48. The summed E-state index contributed by atoms with van der Waals surface area (Å²) in [5, 5.41) is 5.05. The largest absolute Gasteiger partial charge is 0.369 e. The van der Waals surface area contributed by atoms with Crippen LogP contribution in [0.1, 0.15) is 29.8 Å². The summed E-state index contributed by atoms with van der Waals surface area (Å²) in [6.07, 6.45) is 3.03. The van der Waals surface area contributed by atoms with Gasteiger partial charge in [0.05, 0.1) is 10.3 Å². The van der Waals surface area contributed by atoms with Crippen LogP contribution >= 0.6 is 11.6 Å². The number of carbonyl (C=O) groups excluding carboxylic acids is 1. The summed E-state index contributed by atoms with van der Waals surface area (Å²) >= 11 is 6.10. The topological polar surface area (TPSA) is 87.0 Å². The second-order valence-corrected chi connectivity index (χ2v) is 10.8. The third-order valence-electron chi connectivity index (χ3n) is 6.34. The highest BCUT2D eigenvalue weighted by molar-refractivity contribution is 7.89. The standard InChI is InChI=1S/C23H25ClN4O4S/c24-17-5-4-6-18(15-17)26-11-13-28(14-12-26)33(30,31)19-7-8-21-20(16-19)22(25-32-21)23(29)27-9-2-1-3-10-27/h4-8,15-16H,1-3,9-14H2. The van der Waals surface area contributed by atoms with E-state index in [1.165, 1.54) is 16.4 Å². The molecule has 2 fully saturated rings. The molecule has 0 radical (unpaired) electrons. The second kappa shape index (κ2) is 8.96. The first-order chi connectivity index (χ1) is 15.9. The number of benzene rings is 2. The van der Waals surface area contributed by atoms with Crippen molar-refractivity contribution < 1.29 is 17.7 Å². The Morgan fingerprint density at radius 3 is 2.42 bits per heavy atom. The van der Waals surface area contributed by atoms with Crippen molar-refractivity contribution in [3.8, 4) is 0 Å². The van der Waals surface area contributed by atoms with Gasteiger partial charge in [0.15, 0.2) is 11.3 Å². The van der Waals surface area contributed by atoms with Crippen LogP contribution in [-0.2, 0) is 10.0 Å². The third kappa shape index (κ3) is 4.32. The number of halogens is 1. The SMILES string of the molecule is O=C(c1noc2ccc(S(=O)(=O)N3CCN(c4cccc(Cl)c4)CC3)cc12)N1CCCCC1. The van der Waals surface area contributed by atoms with Crippen LogP contribution in [0.15, 0.2) is 51.9 Å². The van der Waals surface area contributed by atoms with Crippen LogP contribution in [0.3, 0.4) is 0 Å². The van der Waals surface area contributed by atoms with E-state index in [-0.39, 0.29) is 16.5 Å². The average molecular weight is 489 g/mol. The molecule has 8 nitrogen and oxygen atoms in total. The molecule has 0 N–H and O–H groups in total. The van der Waals surface area contributed by atoms with Crippen LogP contribution in [0.25, 0.3) is 11.0 Å². The molecular formula is C23H25ClN4O4S. The Bertz CT molecular complexity index is 1280. The van der Waals surface area contributed by atoms with Crippen LogP contribution in [0.2, 0.25) is 5.02 Å². The molecule has 10 heteroatoms. The number of nitrogens with zero attached hydrogens (tertiary/aromatic N) is 4. The van der Waals surface area contributed by atoms with E-state index in [2.05, 4.69) is 10.1 Å². The molecule has 0 spiro atoms. The highest BCUT2D eigenvalue weighted by Crippen LogP contribution is 2.28. The molecule has 1 aromatic heterocycles. The second-order valence-electron chi connectivity index (χ2n) is 8.41. The number of sulfonamides is 1. The maximum absolute atomic E-state index is 13.4. The number of likely N-dealkylation sites (tertiary alicyclic amines) is 1. The molecule has 1 amide bonds. The normalized spacial score (nSPS) is 18.1. The van der Waals surface area contributed by atoms with Crippen LogP contribution in [-0.4, -0.2) is 68.0 Å². The van der Waals surface area contributed by atoms with Crippen molar-refractivity contribution in [2.75, 3.05) is 44.2 Å². The number of piperidine rings is 1. The van der Waals surface area contributed by atoms with Crippen LogP contribution in [0, 0.1) is 0 Å². The average Bonchev–Trinajstić information content (AvgIpc) is 3.27. The zero-order chi connectivity index (χ0) is 23.0. The van der Waals surface area contributed by atoms with Gasteiger partial charge in [-0.2, -0.15) is 4.31 Å². The van der Waals surface area contributed by atoms with Crippen molar-refractivity contribution in [1.29, 1.82) is 0 Å². The minimum absolute atomic E-state index is 0.141. The number of piperazine rings is 1. The van der Waals surface area contributed by atoms with Gasteiger partial charge in [0, 0.05) is 50.0 Å². The fourth-order valence-electron chi connectivity index (χ4n) is 4.49. The highest BCUT2D eigenvalue weighted by Gasteiger charge is 2.30. The first kappa shape index (κ1) is 22.2. The van der Waals surface area contributed by atoms with E-state index in [4.69, 9.17) is 16.1 Å². The molecule has 2 saturated heterocycles. The lowest BCUT2D eigenvalue weighted by atomic mass is 10.1. The van der Waals surface area contributed by atoms with Crippen molar-refractivity contribution in [2.45, 2.75) is 24.2 Å². The number of anilines is 1. The Hall–Kier alpha value is -2.62. The van der Waals surface area contributed by atoms with Gasteiger partial charge in [-0.15, -0.1) is 0 Å². The van der Waals surface area contributed by atoms with E-state index in [1.807, 2.05) is 24.3 Å². The predicted molar refractivity (Wildman–Crippen MR) is 126 cm³/mol. The Balaban J connectivity index is 1.36. The molecule has 5 rings (SSSR count). The van der Waals surface area contributed by atoms with E-state index in [0.717, 1.165) is 24.9 Å². The molecule has 174 valence electrons. The molecule has 0 saturated carbocycles. The number of fused-ring (bicyclic) bond motifs is 1. The quantitative estimate of drug-likeness (QED) is 0.557. The predicted octanol–water partition coefficient (Wildman–Crippen LogP) is 3.62. The Morgan fingerprint density at radius 2 is 1.70 bits per heavy atom. The molecule has 3 heterocycles. The van der Waals surface area contributed by atoms with Crippen LogP contribution in [0.5, 0.6) is 0 Å². The van der Waals surface area contributed by atoms with Crippen LogP contribution in [0.4, 0.5) is 5.69 Å². The summed E-state index contributed by atoms with van der Waals surface area (Å²) in [5.41, 5.74) is 1.56. The number of hydrogen-bond acceptors (Lipinski definition) is 6. The maximum Gasteiger partial charge on any atom is 0.276 e. The summed E-state index contributed by atoms with van der Waals surface area (Å²) in [5.74, 6) is -0.210. The summed E-state index contributed by atoms with van der Waals surface area (Å²) in [7, 11) is -3.73. The molecule has 2 aliphatic rings. The van der Waals surface area contributed by atoms with E-state index < -0.39 is 10.0 Å². The number of amides is 1. The van der Waals surface area contributed by atoms with Crippen molar-refractivity contribution >= 4 is 44.2 Å². The molecule has 2 aromatic carbocycles. The molecule has 0 aliphatic carbocycles. The van der Waals surface area contributed by atoms with Gasteiger partial charge < -0.3 is 14.3 Å². The van der Waals surface area contributed by atoms with E-state index >= 15 is 0 Å². The minimum Gasteiger partial charge on any atom is -0.369 e. The van der Waals surface area contributed by atoms with Crippen molar-refractivity contribution in [3.05, 3.63) is 53.2 Å². The number of hydrogen-bond donors (Lipinski definition) is 0. The molecule has 3 aromatic rings. The van der Waals surface area contributed by atoms with Crippen LogP contribution < -0.4 is 4.90 Å². The highest BCUT2D eigenvalue weighted by atomic mass is 35.5. The van der Waals surface area contributed by atoms with Gasteiger partial charge in [-0.1, -0.05) is 22.8 Å². The van der Waals surface area contributed by atoms with E-state index in [1.54, 1.807) is 11.0 Å². The zero-order valence-corrected chi connectivity index (χ0v) is 19.7. The van der Waals surface area contributed by atoms with Gasteiger partial charge in [0.25, 0.3) is 5.91 Å². The fourth-order valence-corrected chi connectivity index (χ4v) is 6.12. The smallest absolute Gasteiger partial charge is 0.276 e. The molecule has 0 bridgehead atoms. The summed E-state index contributed by atoms with van der Waals surface area (Å²) < 4.78 is 33.6. The van der Waals surface area contributed by atoms with Crippen molar-refractivity contribution in [2.24, 2.45) is 0 Å². The number of aromatic nitrogens is 1. The maximum atomic E-state index is 13.4. The van der Waals surface area contributed by atoms with Gasteiger partial charge in [-0.05, 0) is 55.7 Å². The minimum atomic E-state index is -3.73. The van der Waals surface area contributed by atoms with E-state index in [9.17, 15) is 13.2 Å².